The summed E-state index contributed by atoms with van der Waals surface area (Å²) in [5.74, 6) is 3.30. The molecule has 88 valence electrons. The molecule has 1 saturated carbocycles. The van der Waals surface area contributed by atoms with Gasteiger partial charge in [-0.3, -0.25) is 0 Å². The monoisotopic (exact) mass is 220 g/mol. The highest BCUT2D eigenvalue weighted by molar-refractivity contribution is 5.56. The first kappa shape index (κ1) is 11.2. The molecule has 16 heavy (non-hydrogen) atoms. The van der Waals surface area contributed by atoms with Crippen LogP contribution < -0.4 is 10.6 Å². The number of aromatic nitrogens is 2. The highest BCUT2D eigenvalue weighted by Crippen LogP contribution is 2.38. The summed E-state index contributed by atoms with van der Waals surface area (Å²) in [7, 11) is 2.09. The molecular formula is C12H20N4. The van der Waals surface area contributed by atoms with Gasteiger partial charge in [0.05, 0.1) is 0 Å². The molecule has 0 radical (unpaired) electrons. The van der Waals surface area contributed by atoms with E-state index in [0.29, 0.717) is 5.82 Å². The Morgan fingerprint density at radius 2 is 2.19 bits per heavy atom. The number of hydrogen-bond acceptors (Lipinski definition) is 4. The van der Waals surface area contributed by atoms with E-state index in [2.05, 4.69) is 35.8 Å². The Balaban J connectivity index is 2.15. The Labute approximate surface area is 96.9 Å². The van der Waals surface area contributed by atoms with E-state index in [-0.39, 0.29) is 0 Å². The predicted molar refractivity (Wildman–Crippen MR) is 66.4 cm³/mol. The van der Waals surface area contributed by atoms with Crippen molar-refractivity contribution in [1.82, 2.24) is 9.97 Å². The fourth-order valence-corrected chi connectivity index (χ4v) is 2.18. The standard InChI is InChI=1S/C12H20N4/c1-4-10-11(13)14-7-15-12(10)16(3)6-9-5-8(9)2/h7-9H,4-6H2,1-3H3,(H2,13,14,15). The molecular weight excluding hydrogens is 200 g/mol. The van der Waals surface area contributed by atoms with Crippen molar-refractivity contribution in [2.45, 2.75) is 26.7 Å². The van der Waals surface area contributed by atoms with Gasteiger partial charge in [-0.25, -0.2) is 9.97 Å². The number of nitrogens with zero attached hydrogens (tertiary/aromatic N) is 3. The van der Waals surface area contributed by atoms with Crippen LogP contribution in [0.2, 0.25) is 0 Å². The highest BCUT2D eigenvalue weighted by atomic mass is 15.2. The highest BCUT2D eigenvalue weighted by Gasteiger charge is 2.33. The van der Waals surface area contributed by atoms with E-state index >= 15 is 0 Å². The van der Waals surface area contributed by atoms with E-state index in [4.69, 9.17) is 5.73 Å². The zero-order valence-electron chi connectivity index (χ0n) is 10.3. The first-order chi connectivity index (χ1) is 7.63. The molecule has 0 amide bonds. The van der Waals surface area contributed by atoms with Gasteiger partial charge in [0.1, 0.15) is 18.0 Å². The topological polar surface area (TPSA) is 55.0 Å². The van der Waals surface area contributed by atoms with Crippen molar-refractivity contribution >= 4 is 11.6 Å². The van der Waals surface area contributed by atoms with Crippen molar-refractivity contribution in [3.05, 3.63) is 11.9 Å². The molecule has 1 fully saturated rings. The first-order valence-corrected chi connectivity index (χ1v) is 5.94. The van der Waals surface area contributed by atoms with Crippen LogP contribution in [0.3, 0.4) is 0 Å². The molecule has 1 aliphatic rings. The lowest BCUT2D eigenvalue weighted by Crippen LogP contribution is -2.23. The van der Waals surface area contributed by atoms with Gasteiger partial charge in [-0.05, 0) is 24.7 Å². The minimum atomic E-state index is 0.614. The average molecular weight is 220 g/mol. The van der Waals surface area contributed by atoms with E-state index in [9.17, 15) is 0 Å². The molecule has 4 nitrogen and oxygen atoms in total. The van der Waals surface area contributed by atoms with Crippen LogP contribution in [0.4, 0.5) is 11.6 Å². The number of hydrogen-bond donors (Lipinski definition) is 1. The number of nitrogen functional groups attached to an aromatic ring is 1. The lowest BCUT2D eigenvalue weighted by molar-refractivity contribution is 0.715. The second kappa shape index (κ2) is 4.28. The molecule has 2 atom stereocenters. The second-order valence-corrected chi connectivity index (χ2v) is 4.77. The smallest absolute Gasteiger partial charge is 0.137 e. The van der Waals surface area contributed by atoms with E-state index in [0.717, 1.165) is 36.2 Å². The minimum absolute atomic E-state index is 0.614. The van der Waals surface area contributed by atoms with Gasteiger partial charge >= 0.3 is 0 Å². The van der Waals surface area contributed by atoms with Crippen molar-refractivity contribution in [3.63, 3.8) is 0 Å². The van der Waals surface area contributed by atoms with Crippen LogP contribution in [0.5, 0.6) is 0 Å². The van der Waals surface area contributed by atoms with E-state index in [1.807, 2.05) is 0 Å². The maximum Gasteiger partial charge on any atom is 0.137 e. The molecule has 0 aliphatic heterocycles. The molecule has 2 unspecified atom stereocenters. The lowest BCUT2D eigenvalue weighted by atomic mass is 10.2. The van der Waals surface area contributed by atoms with Crippen molar-refractivity contribution in [2.24, 2.45) is 11.8 Å². The molecule has 0 bridgehead atoms. The Bertz CT molecular complexity index is 377. The lowest BCUT2D eigenvalue weighted by Gasteiger charge is -2.21. The molecule has 1 heterocycles. The fraction of sp³-hybridized carbons (Fsp3) is 0.667. The third-order valence-electron chi connectivity index (χ3n) is 3.46. The summed E-state index contributed by atoms with van der Waals surface area (Å²) in [4.78, 5) is 10.6. The van der Waals surface area contributed by atoms with Crippen molar-refractivity contribution in [1.29, 1.82) is 0 Å². The van der Waals surface area contributed by atoms with Crippen LogP contribution in [0.15, 0.2) is 6.33 Å². The number of rotatable bonds is 4. The third-order valence-corrected chi connectivity index (χ3v) is 3.46. The van der Waals surface area contributed by atoms with E-state index < -0.39 is 0 Å². The van der Waals surface area contributed by atoms with Crippen molar-refractivity contribution < 1.29 is 0 Å². The van der Waals surface area contributed by atoms with Crippen molar-refractivity contribution in [3.8, 4) is 0 Å². The molecule has 0 aromatic carbocycles. The summed E-state index contributed by atoms with van der Waals surface area (Å²) in [6.45, 7) is 5.46. The number of nitrogens with two attached hydrogens (primary N) is 1. The van der Waals surface area contributed by atoms with E-state index in [1.54, 1.807) is 6.33 Å². The van der Waals surface area contributed by atoms with E-state index in [1.165, 1.54) is 6.42 Å². The Kier molecular flexibility index (Phi) is 2.99. The molecule has 0 saturated heterocycles. The number of anilines is 2. The van der Waals surface area contributed by atoms with Crippen LogP contribution >= 0.6 is 0 Å². The molecule has 2 rings (SSSR count). The zero-order chi connectivity index (χ0) is 11.7. The Morgan fingerprint density at radius 3 is 2.75 bits per heavy atom. The Morgan fingerprint density at radius 1 is 1.50 bits per heavy atom. The molecule has 1 aliphatic carbocycles. The summed E-state index contributed by atoms with van der Waals surface area (Å²) >= 11 is 0. The normalized spacial score (nSPS) is 23.2. The second-order valence-electron chi connectivity index (χ2n) is 4.77. The maximum atomic E-state index is 5.87. The van der Waals surface area contributed by atoms with Gasteiger partial charge in [0.25, 0.3) is 0 Å². The predicted octanol–water partition coefficient (Wildman–Crippen LogP) is 1.71. The fourth-order valence-electron chi connectivity index (χ4n) is 2.18. The zero-order valence-corrected chi connectivity index (χ0v) is 10.3. The van der Waals surface area contributed by atoms with Crippen LogP contribution in [0, 0.1) is 11.8 Å². The Hall–Kier alpha value is -1.32. The van der Waals surface area contributed by atoms with Gasteiger partial charge in [0.15, 0.2) is 0 Å². The van der Waals surface area contributed by atoms with Crippen LogP contribution in [0.1, 0.15) is 25.8 Å². The molecule has 1 aromatic heterocycles. The quantitative estimate of drug-likeness (QED) is 0.839. The largest absolute Gasteiger partial charge is 0.383 e. The molecule has 1 aromatic rings. The van der Waals surface area contributed by atoms with Crippen LogP contribution in [-0.2, 0) is 6.42 Å². The molecule has 4 heteroatoms. The summed E-state index contributed by atoms with van der Waals surface area (Å²) in [5.41, 5.74) is 6.93. The molecule has 0 spiro atoms. The molecule has 2 N–H and O–H groups in total. The average Bonchev–Trinajstić information content (AvgIpc) is 2.93. The van der Waals surface area contributed by atoms with Crippen LogP contribution in [0.25, 0.3) is 0 Å². The summed E-state index contributed by atoms with van der Waals surface area (Å²) < 4.78 is 0. The SMILES string of the molecule is CCc1c(N)ncnc1N(C)CC1CC1C. The van der Waals surface area contributed by atoms with Gasteiger partial charge < -0.3 is 10.6 Å². The van der Waals surface area contributed by atoms with Gasteiger partial charge in [-0.15, -0.1) is 0 Å². The summed E-state index contributed by atoms with van der Waals surface area (Å²) in [5, 5.41) is 0. The summed E-state index contributed by atoms with van der Waals surface area (Å²) in [6.07, 6.45) is 3.77. The van der Waals surface area contributed by atoms with Crippen LogP contribution in [-0.4, -0.2) is 23.6 Å². The van der Waals surface area contributed by atoms with Gasteiger partial charge in [0.2, 0.25) is 0 Å². The van der Waals surface area contributed by atoms with Gasteiger partial charge in [-0.2, -0.15) is 0 Å². The minimum Gasteiger partial charge on any atom is -0.383 e. The maximum absolute atomic E-state index is 5.87. The van der Waals surface area contributed by atoms with Gasteiger partial charge in [0, 0.05) is 19.2 Å². The summed E-state index contributed by atoms with van der Waals surface area (Å²) in [6, 6.07) is 0. The first-order valence-electron chi connectivity index (χ1n) is 5.94. The third kappa shape index (κ3) is 2.10. The van der Waals surface area contributed by atoms with Crippen molar-refractivity contribution in [2.75, 3.05) is 24.2 Å². The van der Waals surface area contributed by atoms with Gasteiger partial charge in [-0.1, -0.05) is 13.8 Å².